The fourth-order valence-electron chi connectivity index (χ4n) is 2.65. The lowest BCUT2D eigenvalue weighted by molar-refractivity contribution is 0.176. The van der Waals surface area contributed by atoms with Crippen molar-refractivity contribution in [2.45, 2.75) is 12.5 Å². The summed E-state index contributed by atoms with van der Waals surface area (Å²) in [4.78, 5) is 13.6. The highest BCUT2D eigenvalue weighted by molar-refractivity contribution is 5.90. The molecule has 1 saturated heterocycles. The number of benzene rings is 2. The molecule has 1 aliphatic rings. The molecule has 0 spiro atoms. The summed E-state index contributed by atoms with van der Waals surface area (Å²) < 4.78 is 27.7. The maximum absolute atomic E-state index is 13.9. The summed E-state index contributed by atoms with van der Waals surface area (Å²) in [5.41, 5.74) is 0.664. The number of carbonyl (C=O) groups is 1. The van der Waals surface area contributed by atoms with Crippen molar-refractivity contribution in [1.82, 2.24) is 4.90 Å². The van der Waals surface area contributed by atoms with Crippen LogP contribution in [0.2, 0.25) is 0 Å². The Morgan fingerprint density at radius 1 is 1.17 bits per heavy atom. The van der Waals surface area contributed by atoms with E-state index < -0.39 is 17.7 Å². The number of carbonyl (C=O) groups excluding carboxylic acids is 1. The first-order valence-electron chi connectivity index (χ1n) is 7.33. The first-order valence-corrected chi connectivity index (χ1v) is 7.33. The zero-order valence-electron chi connectivity index (χ0n) is 12.3. The molecule has 0 bridgehead atoms. The Morgan fingerprint density at radius 2 is 1.87 bits per heavy atom. The molecule has 120 valence electrons. The van der Waals surface area contributed by atoms with Crippen LogP contribution < -0.4 is 5.32 Å². The smallest absolute Gasteiger partial charge is 0.321 e. The van der Waals surface area contributed by atoms with Gasteiger partial charge in [0, 0.05) is 18.8 Å². The third kappa shape index (κ3) is 3.32. The molecule has 0 aromatic heterocycles. The van der Waals surface area contributed by atoms with Gasteiger partial charge in [0.05, 0.1) is 11.7 Å². The standard InChI is InChI=1S/C17H16F2N2O2/c18-14-5-2-6-15(19)16(14)11-3-1-4-12(9-11)20-17(23)21-8-7-13(22)10-21/h1-6,9,13,22H,7-8,10H2,(H,20,23)/t13-/m0/s1. The van der Waals surface area contributed by atoms with Crippen molar-refractivity contribution in [3.8, 4) is 11.1 Å². The molecule has 3 rings (SSSR count). The van der Waals surface area contributed by atoms with Crippen LogP contribution in [-0.2, 0) is 0 Å². The van der Waals surface area contributed by atoms with E-state index >= 15 is 0 Å². The molecule has 1 atom stereocenters. The highest BCUT2D eigenvalue weighted by atomic mass is 19.1. The largest absolute Gasteiger partial charge is 0.391 e. The number of urea groups is 1. The Balaban J connectivity index is 1.82. The molecule has 0 saturated carbocycles. The summed E-state index contributed by atoms with van der Waals surface area (Å²) in [6.07, 6.45) is 0.0491. The van der Waals surface area contributed by atoms with E-state index in [1.165, 1.54) is 29.2 Å². The molecular formula is C17H16F2N2O2. The number of nitrogens with one attached hydrogen (secondary N) is 1. The van der Waals surface area contributed by atoms with Crippen LogP contribution in [0.5, 0.6) is 0 Å². The Hall–Kier alpha value is -2.47. The molecular weight excluding hydrogens is 302 g/mol. The molecule has 1 heterocycles. The minimum Gasteiger partial charge on any atom is -0.391 e. The quantitative estimate of drug-likeness (QED) is 0.893. The number of anilines is 1. The van der Waals surface area contributed by atoms with Crippen LogP contribution in [-0.4, -0.2) is 35.2 Å². The number of halogens is 2. The van der Waals surface area contributed by atoms with E-state index in [9.17, 15) is 18.7 Å². The van der Waals surface area contributed by atoms with E-state index in [-0.39, 0.29) is 18.1 Å². The van der Waals surface area contributed by atoms with Crippen LogP contribution in [0.25, 0.3) is 11.1 Å². The van der Waals surface area contributed by atoms with Crippen LogP contribution in [0.3, 0.4) is 0 Å². The number of likely N-dealkylation sites (tertiary alicyclic amines) is 1. The molecule has 2 aromatic rings. The minimum absolute atomic E-state index is 0.125. The van der Waals surface area contributed by atoms with E-state index in [0.717, 1.165) is 0 Å². The molecule has 1 aliphatic heterocycles. The maximum atomic E-state index is 13.9. The van der Waals surface area contributed by atoms with Crippen LogP contribution in [0, 0.1) is 11.6 Å². The number of nitrogens with zero attached hydrogens (tertiary/aromatic N) is 1. The van der Waals surface area contributed by atoms with Gasteiger partial charge >= 0.3 is 6.03 Å². The van der Waals surface area contributed by atoms with E-state index in [1.54, 1.807) is 18.2 Å². The van der Waals surface area contributed by atoms with Gasteiger partial charge in [-0.1, -0.05) is 18.2 Å². The number of rotatable bonds is 2. The van der Waals surface area contributed by atoms with Crippen LogP contribution in [0.1, 0.15) is 6.42 Å². The zero-order valence-corrected chi connectivity index (χ0v) is 12.3. The van der Waals surface area contributed by atoms with Gasteiger partial charge in [0.25, 0.3) is 0 Å². The van der Waals surface area contributed by atoms with Gasteiger partial charge in [-0.2, -0.15) is 0 Å². The van der Waals surface area contributed by atoms with E-state index in [1.807, 2.05) is 0 Å². The third-order valence-electron chi connectivity index (χ3n) is 3.82. The fourth-order valence-corrected chi connectivity index (χ4v) is 2.65. The van der Waals surface area contributed by atoms with Crippen LogP contribution in [0.4, 0.5) is 19.3 Å². The topological polar surface area (TPSA) is 52.6 Å². The van der Waals surface area contributed by atoms with Gasteiger partial charge in [0.2, 0.25) is 0 Å². The van der Waals surface area contributed by atoms with Gasteiger partial charge in [0.1, 0.15) is 11.6 Å². The van der Waals surface area contributed by atoms with Crippen molar-refractivity contribution in [1.29, 1.82) is 0 Å². The summed E-state index contributed by atoms with van der Waals surface area (Å²) in [5, 5.41) is 12.1. The van der Waals surface area contributed by atoms with Gasteiger partial charge in [-0.25, -0.2) is 13.6 Å². The van der Waals surface area contributed by atoms with Gasteiger partial charge in [-0.3, -0.25) is 0 Å². The maximum Gasteiger partial charge on any atom is 0.321 e. The average molecular weight is 318 g/mol. The van der Waals surface area contributed by atoms with E-state index in [2.05, 4.69) is 5.32 Å². The number of aliphatic hydroxyl groups is 1. The number of aliphatic hydroxyl groups excluding tert-OH is 1. The molecule has 2 aromatic carbocycles. The van der Waals surface area contributed by atoms with E-state index in [0.29, 0.717) is 24.2 Å². The van der Waals surface area contributed by atoms with Crippen molar-refractivity contribution >= 4 is 11.7 Å². The van der Waals surface area contributed by atoms with Crippen molar-refractivity contribution in [3.05, 3.63) is 54.1 Å². The predicted octanol–water partition coefficient (Wildman–Crippen LogP) is 3.23. The Morgan fingerprint density at radius 3 is 2.52 bits per heavy atom. The highest BCUT2D eigenvalue weighted by Gasteiger charge is 2.24. The third-order valence-corrected chi connectivity index (χ3v) is 3.82. The van der Waals surface area contributed by atoms with Crippen LogP contribution in [0.15, 0.2) is 42.5 Å². The molecule has 1 fully saturated rings. The van der Waals surface area contributed by atoms with Gasteiger partial charge < -0.3 is 15.3 Å². The van der Waals surface area contributed by atoms with Crippen molar-refractivity contribution in [3.63, 3.8) is 0 Å². The normalized spacial score (nSPS) is 17.3. The second kappa shape index (κ2) is 6.34. The number of β-amino-alcohol motifs (C(OH)–C–C–N with tert-alkyl or cyclic N) is 1. The molecule has 4 nitrogen and oxygen atoms in total. The molecule has 0 aliphatic carbocycles. The lowest BCUT2D eigenvalue weighted by Crippen LogP contribution is -2.33. The Kier molecular flexibility index (Phi) is 4.25. The Bertz CT molecular complexity index is 716. The highest BCUT2D eigenvalue weighted by Crippen LogP contribution is 2.28. The molecule has 2 amide bonds. The monoisotopic (exact) mass is 318 g/mol. The van der Waals surface area contributed by atoms with Gasteiger partial charge in [-0.15, -0.1) is 0 Å². The fraction of sp³-hybridized carbons (Fsp3) is 0.235. The van der Waals surface area contributed by atoms with Crippen LogP contribution >= 0.6 is 0 Å². The summed E-state index contributed by atoms with van der Waals surface area (Å²) in [7, 11) is 0. The van der Waals surface area contributed by atoms with E-state index in [4.69, 9.17) is 0 Å². The number of hydrogen-bond acceptors (Lipinski definition) is 2. The summed E-state index contributed by atoms with van der Waals surface area (Å²) in [6.45, 7) is 0.766. The second-order valence-corrected chi connectivity index (χ2v) is 5.50. The predicted molar refractivity (Wildman–Crippen MR) is 83.0 cm³/mol. The molecule has 2 N–H and O–H groups in total. The second-order valence-electron chi connectivity index (χ2n) is 5.50. The number of amides is 2. The molecule has 0 unspecified atom stereocenters. The van der Waals surface area contributed by atoms with Gasteiger partial charge in [0.15, 0.2) is 0 Å². The van der Waals surface area contributed by atoms with Crippen molar-refractivity contribution in [2.24, 2.45) is 0 Å². The summed E-state index contributed by atoms with van der Waals surface area (Å²) in [6, 6.07) is 9.71. The molecule has 23 heavy (non-hydrogen) atoms. The molecule has 0 radical (unpaired) electrons. The van der Waals surface area contributed by atoms with Gasteiger partial charge in [-0.05, 0) is 36.2 Å². The van der Waals surface area contributed by atoms with Crippen molar-refractivity contribution < 1.29 is 18.7 Å². The first-order chi connectivity index (χ1) is 11.0. The minimum atomic E-state index is -0.656. The molecule has 6 heteroatoms. The zero-order chi connectivity index (χ0) is 16.4. The lowest BCUT2D eigenvalue weighted by Gasteiger charge is -2.17. The van der Waals surface area contributed by atoms with Crippen molar-refractivity contribution in [2.75, 3.05) is 18.4 Å². The summed E-state index contributed by atoms with van der Waals surface area (Å²) in [5.74, 6) is -1.31. The lowest BCUT2D eigenvalue weighted by atomic mass is 10.0. The average Bonchev–Trinajstić information content (AvgIpc) is 2.94. The summed E-state index contributed by atoms with van der Waals surface area (Å²) >= 11 is 0. The number of hydrogen-bond donors (Lipinski definition) is 2. The first kappa shape index (κ1) is 15.4. The Labute approximate surface area is 132 Å². The SMILES string of the molecule is O=C(Nc1cccc(-c2c(F)cccc2F)c1)N1CC[C@H](O)C1.